The van der Waals surface area contributed by atoms with E-state index < -0.39 is 0 Å². The number of fused-ring (bicyclic) bond motifs is 5. The molecule has 0 saturated carbocycles. The van der Waals surface area contributed by atoms with Crippen LogP contribution >= 0.6 is 0 Å². The summed E-state index contributed by atoms with van der Waals surface area (Å²) < 4.78 is 2.42. The first-order chi connectivity index (χ1) is 27.3. The molecular formula is C55H43N. The lowest BCUT2D eigenvalue weighted by Crippen LogP contribution is -2.10. The van der Waals surface area contributed by atoms with Gasteiger partial charge in [0.15, 0.2) is 0 Å². The average Bonchev–Trinajstić information content (AvgIpc) is 3.57. The predicted octanol–water partition coefficient (Wildman–Crippen LogP) is 15.4. The molecule has 0 unspecified atom stereocenters. The first kappa shape index (κ1) is 33.8. The van der Waals surface area contributed by atoms with Crippen LogP contribution in [0, 0.1) is 6.92 Å². The molecule has 0 fully saturated rings. The van der Waals surface area contributed by atoms with Gasteiger partial charge >= 0.3 is 0 Å². The van der Waals surface area contributed by atoms with Crippen LogP contribution in [0.15, 0.2) is 188 Å². The number of aromatic nitrogens is 1. The lowest BCUT2D eigenvalue weighted by molar-refractivity contribution is 0.591. The van der Waals surface area contributed by atoms with E-state index in [1.165, 1.54) is 99.0 Å². The highest BCUT2D eigenvalue weighted by Gasteiger charge is 2.21. The van der Waals surface area contributed by atoms with Crippen molar-refractivity contribution in [3.8, 4) is 50.2 Å². The molecule has 1 aromatic heterocycles. The Hall–Kier alpha value is -6.70. The van der Waals surface area contributed by atoms with E-state index in [4.69, 9.17) is 0 Å². The predicted molar refractivity (Wildman–Crippen MR) is 241 cm³/mol. The fourth-order valence-electron chi connectivity index (χ4n) is 8.79. The standard InChI is InChI=1S/C55H43N/c1-36-22-24-38(25-23-36)54-47-20-11-10-19-46(47)53(48-32-29-41(35-50(48)54)55(2,3)4)39-26-30-42(31-27-39)56-51-21-13-12-18-45(51)49-34-40(28-33-52(49)56)44-17-9-8-16-43(44)37-14-6-5-7-15-37/h5-35H,1-4H3. The number of nitrogens with zero attached hydrogens (tertiary/aromatic N) is 1. The van der Waals surface area contributed by atoms with Crippen molar-refractivity contribution in [3.05, 3.63) is 199 Å². The lowest BCUT2D eigenvalue weighted by Gasteiger charge is -2.23. The molecule has 0 radical (unpaired) electrons. The largest absolute Gasteiger partial charge is 0.309 e. The minimum atomic E-state index is 0.0283. The molecule has 10 aromatic rings. The highest BCUT2D eigenvalue weighted by molar-refractivity contribution is 6.21. The van der Waals surface area contributed by atoms with Crippen LogP contribution in [0.4, 0.5) is 0 Å². The molecule has 0 spiro atoms. The van der Waals surface area contributed by atoms with Crippen LogP contribution < -0.4 is 0 Å². The van der Waals surface area contributed by atoms with Crippen LogP contribution in [-0.2, 0) is 5.41 Å². The quantitative estimate of drug-likeness (QED) is 0.156. The Bertz CT molecular complexity index is 3080. The van der Waals surface area contributed by atoms with E-state index in [9.17, 15) is 0 Å². The van der Waals surface area contributed by atoms with E-state index in [1.807, 2.05) is 0 Å². The van der Waals surface area contributed by atoms with Gasteiger partial charge in [0.1, 0.15) is 0 Å². The van der Waals surface area contributed by atoms with Crippen LogP contribution in [0.3, 0.4) is 0 Å². The van der Waals surface area contributed by atoms with E-state index in [-0.39, 0.29) is 5.41 Å². The topological polar surface area (TPSA) is 4.93 Å². The van der Waals surface area contributed by atoms with Gasteiger partial charge in [-0.15, -0.1) is 0 Å². The number of rotatable bonds is 5. The number of hydrogen-bond donors (Lipinski definition) is 0. The van der Waals surface area contributed by atoms with Crippen LogP contribution in [0.5, 0.6) is 0 Å². The molecule has 0 aliphatic rings. The van der Waals surface area contributed by atoms with Gasteiger partial charge in [0.05, 0.1) is 11.0 Å². The zero-order valence-electron chi connectivity index (χ0n) is 32.3. The zero-order valence-corrected chi connectivity index (χ0v) is 32.3. The summed E-state index contributed by atoms with van der Waals surface area (Å²) >= 11 is 0. The van der Waals surface area contributed by atoms with Gasteiger partial charge in [-0.05, 0) is 120 Å². The third-order valence-electron chi connectivity index (χ3n) is 11.6. The number of aryl methyl sites for hydroxylation is 1. The highest BCUT2D eigenvalue weighted by atomic mass is 15.0. The zero-order chi connectivity index (χ0) is 38.0. The molecule has 0 amide bonds. The Morgan fingerprint density at radius 1 is 0.357 bits per heavy atom. The first-order valence-corrected chi connectivity index (χ1v) is 19.7. The summed E-state index contributed by atoms with van der Waals surface area (Å²) in [5, 5.41) is 7.63. The maximum absolute atomic E-state index is 2.44. The molecule has 0 aliphatic carbocycles. The van der Waals surface area contributed by atoms with Gasteiger partial charge < -0.3 is 4.57 Å². The van der Waals surface area contributed by atoms with Crippen molar-refractivity contribution in [2.75, 3.05) is 0 Å². The van der Waals surface area contributed by atoms with Crippen molar-refractivity contribution in [1.82, 2.24) is 4.57 Å². The first-order valence-electron chi connectivity index (χ1n) is 19.7. The van der Waals surface area contributed by atoms with Crippen molar-refractivity contribution in [1.29, 1.82) is 0 Å². The second-order valence-corrected chi connectivity index (χ2v) is 16.2. The second-order valence-electron chi connectivity index (χ2n) is 16.2. The molecule has 1 heteroatoms. The van der Waals surface area contributed by atoms with Gasteiger partial charge in [-0.3, -0.25) is 0 Å². The van der Waals surface area contributed by atoms with Crippen molar-refractivity contribution < 1.29 is 0 Å². The fraction of sp³-hybridized carbons (Fsp3) is 0.0909. The van der Waals surface area contributed by atoms with Gasteiger partial charge in [0, 0.05) is 16.5 Å². The SMILES string of the molecule is Cc1ccc(-c2c3ccccc3c(-c3ccc(-n4c5ccccc5c5cc(-c6ccccc6-c6ccccc6)ccc54)cc3)c3ccc(C(C)(C)C)cc23)cc1. The smallest absolute Gasteiger partial charge is 0.0541 e. The van der Waals surface area contributed by atoms with Gasteiger partial charge in [0.2, 0.25) is 0 Å². The minimum absolute atomic E-state index is 0.0283. The second kappa shape index (κ2) is 13.3. The summed E-state index contributed by atoms with van der Waals surface area (Å²) in [7, 11) is 0. The van der Waals surface area contributed by atoms with Gasteiger partial charge in [-0.1, -0.05) is 178 Å². The summed E-state index contributed by atoms with van der Waals surface area (Å²) in [4.78, 5) is 0. The molecule has 0 N–H and O–H groups in total. The normalized spacial score (nSPS) is 11.9. The Morgan fingerprint density at radius 2 is 0.875 bits per heavy atom. The third kappa shape index (κ3) is 5.62. The summed E-state index contributed by atoms with van der Waals surface area (Å²) in [5.74, 6) is 0. The fourth-order valence-corrected chi connectivity index (χ4v) is 8.79. The molecule has 9 aromatic carbocycles. The summed E-state index contributed by atoms with van der Waals surface area (Å²) in [5.41, 5.74) is 16.2. The molecule has 1 nitrogen and oxygen atoms in total. The van der Waals surface area contributed by atoms with E-state index in [1.54, 1.807) is 0 Å². The molecule has 0 saturated heterocycles. The molecule has 268 valence electrons. The summed E-state index contributed by atoms with van der Waals surface area (Å²) in [6, 6.07) is 69.6. The Morgan fingerprint density at radius 3 is 1.55 bits per heavy atom. The van der Waals surface area contributed by atoms with E-state index in [2.05, 4.69) is 220 Å². The van der Waals surface area contributed by atoms with Gasteiger partial charge in [-0.2, -0.15) is 0 Å². The molecule has 1 heterocycles. The van der Waals surface area contributed by atoms with E-state index in [0.29, 0.717) is 0 Å². The summed E-state index contributed by atoms with van der Waals surface area (Å²) in [6.07, 6.45) is 0. The number of para-hydroxylation sites is 1. The lowest BCUT2D eigenvalue weighted by atomic mass is 9.81. The molecule has 10 rings (SSSR count). The monoisotopic (exact) mass is 717 g/mol. The van der Waals surface area contributed by atoms with Gasteiger partial charge in [0.25, 0.3) is 0 Å². The molecule has 0 aliphatic heterocycles. The summed E-state index contributed by atoms with van der Waals surface area (Å²) in [6.45, 7) is 9.08. The Balaban J connectivity index is 1.15. The molecule has 56 heavy (non-hydrogen) atoms. The Labute approximate surface area is 329 Å². The molecule has 0 bridgehead atoms. The van der Waals surface area contributed by atoms with Crippen molar-refractivity contribution in [2.24, 2.45) is 0 Å². The van der Waals surface area contributed by atoms with E-state index in [0.717, 1.165) is 5.69 Å². The van der Waals surface area contributed by atoms with Crippen LogP contribution in [0.25, 0.3) is 93.5 Å². The number of benzene rings is 9. The molecular weight excluding hydrogens is 675 g/mol. The maximum Gasteiger partial charge on any atom is 0.0541 e. The van der Waals surface area contributed by atoms with Crippen LogP contribution in [0.2, 0.25) is 0 Å². The maximum atomic E-state index is 2.44. The molecule has 0 atom stereocenters. The number of hydrogen-bond acceptors (Lipinski definition) is 0. The Kier molecular flexibility index (Phi) is 8.01. The van der Waals surface area contributed by atoms with Crippen LogP contribution in [0.1, 0.15) is 31.9 Å². The van der Waals surface area contributed by atoms with Gasteiger partial charge in [-0.25, -0.2) is 0 Å². The van der Waals surface area contributed by atoms with Crippen molar-refractivity contribution in [2.45, 2.75) is 33.1 Å². The highest BCUT2D eigenvalue weighted by Crippen LogP contribution is 2.45. The van der Waals surface area contributed by atoms with Crippen molar-refractivity contribution >= 4 is 43.4 Å². The third-order valence-corrected chi connectivity index (χ3v) is 11.6. The van der Waals surface area contributed by atoms with Crippen LogP contribution in [-0.4, -0.2) is 4.57 Å². The average molecular weight is 718 g/mol. The minimum Gasteiger partial charge on any atom is -0.309 e. The van der Waals surface area contributed by atoms with E-state index >= 15 is 0 Å². The van der Waals surface area contributed by atoms with Crippen molar-refractivity contribution in [3.63, 3.8) is 0 Å².